The van der Waals surface area contributed by atoms with Crippen LogP contribution >= 0.6 is 0 Å². The summed E-state index contributed by atoms with van der Waals surface area (Å²) >= 11 is 0. The van der Waals surface area contributed by atoms with E-state index in [1.54, 1.807) is 31.4 Å². The smallest absolute Gasteiger partial charge is 0.224 e. The first-order valence-electron chi connectivity index (χ1n) is 7.77. The molecule has 0 bridgehead atoms. The van der Waals surface area contributed by atoms with Crippen molar-refractivity contribution in [2.24, 2.45) is 0 Å². The van der Waals surface area contributed by atoms with Gasteiger partial charge in [0.2, 0.25) is 5.91 Å². The number of benzene rings is 2. The molecule has 24 heavy (non-hydrogen) atoms. The first kappa shape index (κ1) is 17.5. The summed E-state index contributed by atoms with van der Waals surface area (Å²) in [5, 5.41) is 2.77. The van der Waals surface area contributed by atoms with E-state index in [2.05, 4.69) is 5.32 Å². The molecule has 0 aliphatic heterocycles. The van der Waals surface area contributed by atoms with Crippen LogP contribution in [0.2, 0.25) is 0 Å². The Balaban J connectivity index is 1.76. The molecule has 2 aromatic carbocycles. The van der Waals surface area contributed by atoms with Crippen LogP contribution in [0.5, 0.6) is 11.5 Å². The van der Waals surface area contributed by atoms with Crippen LogP contribution in [0.1, 0.15) is 30.1 Å². The van der Waals surface area contributed by atoms with Gasteiger partial charge in [-0.2, -0.15) is 0 Å². The Morgan fingerprint density at radius 3 is 2.33 bits per heavy atom. The molecule has 2 aromatic rings. The van der Waals surface area contributed by atoms with Crippen molar-refractivity contribution >= 4 is 17.4 Å². The lowest BCUT2D eigenvalue weighted by Gasteiger charge is -2.09. The Hall–Kier alpha value is -2.82. The third-order valence-electron chi connectivity index (χ3n) is 3.46. The van der Waals surface area contributed by atoms with E-state index in [-0.39, 0.29) is 11.7 Å². The van der Waals surface area contributed by atoms with Crippen LogP contribution in [-0.2, 0) is 4.79 Å². The molecule has 0 heterocycles. The normalized spacial score (nSPS) is 10.1. The molecule has 0 spiro atoms. The molecule has 0 fully saturated rings. The Kier molecular flexibility index (Phi) is 6.37. The molecule has 0 aliphatic rings. The second-order valence-electron chi connectivity index (χ2n) is 5.28. The van der Waals surface area contributed by atoms with E-state index in [1.165, 1.54) is 6.92 Å². The molecule has 1 N–H and O–H groups in total. The van der Waals surface area contributed by atoms with Gasteiger partial charge in [0.05, 0.1) is 19.4 Å². The van der Waals surface area contributed by atoms with E-state index >= 15 is 0 Å². The fourth-order valence-electron chi connectivity index (χ4n) is 2.21. The largest absolute Gasteiger partial charge is 0.497 e. The minimum absolute atomic E-state index is 0.0752. The molecule has 0 saturated carbocycles. The highest BCUT2D eigenvalue weighted by Crippen LogP contribution is 2.18. The van der Waals surface area contributed by atoms with Crippen molar-refractivity contribution in [1.82, 2.24) is 0 Å². The van der Waals surface area contributed by atoms with Gasteiger partial charge in [-0.05, 0) is 49.7 Å². The summed E-state index contributed by atoms with van der Waals surface area (Å²) in [4.78, 5) is 23.5. The van der Waals surface area contributed by atoms with Gasteiger partial charge in [-0.25, -0.2) is 0 Å². The topological polar surface area (TPSA) is 64.6 Å². The summed E-state index contributed by atoms with van der Waals surface area (Å²) < 4.78 is 10.7. The van der Waals surface area contributed by atoms with Gasteiger partial charge in [0.1, 0.15) is 11.5 Å². The van der Waals surface area contributed by atoms with Crippen LogP contribution in [0.4, 0.5) is 5.69 Å². The molecule has 0 aliphatic carbocycles. The van der Waals surface area contributed by atoms with Crippen molar-refractivity contribution in [3.8, 4) is 11.5 Å². The molecule has 0 radical (unpaired) electrons. The van der Waals surface area contributed by atoms with Crippen molar-refractivity contribution < 1.29 is 19.1 Å². The molecule has 5 nitrogen and oxygen atoms in total. The van der Waals surface area contributed by atoms with Gasteiger partial charge in [-0.15, -0.1) is 0 Å². The number of hydrogen-bond acceptors (Lipinski definition) is 4. The van der Waals surface area contributed by atoms with Gasteiger partial charge in [0.15, 0.2) is 5.78 Å². The van der Waals surface area contributed by atoms with Crippen molar-refractivity contribution in [1.29, 1.82) is 0 Å². The maximum atomic E-state index is 12.0. The zero-order valence-corrected chi connectivity index (χ0v) is 13.9. The van der Waals surface area contributed by atoms with E-state index in [0.717, 1.165) is 11.5 Å². The Labute approximate surface area is 141 Å². The molecular formula is C19H21NO4. The summed E-state index contributed by atoms with van der Waals surface area (Å²) in [5.41, 5.74) is 1.06. The number of carbonyl (C=O) groups excluding carboxylic acids is 2. The minimum atomic E-state index is -0.137. The minimum Gasteiger partial charge on any atom is -0.497 e. The third kappa shape index (κ3) is 5.12. The van der Waals surface area contributed by atoms with E-state index in [4.69, 9.17) is 9.47 Å². The van der Waals surface area contributed by atoms with Crippen molar-refractivity contribution in [3.63, 3.8) is 0 Å². The molecule has 5 heteroatoms. The van der Waals surface area contributed by atoms with Crippen LogP contribution < -0.4 is 14.8 Å². The lowest BCUT2D eigenvalue weighted by molar-refractivity contribution is -0.116. The third-order valence-corrected chi connectivity index (χ3v) is 3.46. The highest BCUT2D eigenvalue weighted by atomic mass is 16.5. The Bertz CT molecular complexity index is 695. The SMILES string of the molecule is COc1ccc(OCCCC(=O)Nc2ccccc2C(C)=O)cc1. The first-order valence-corrected chi connectivity index (χ1v) is 7.77. The summed E-state index contributed by atoms with van der Waals surface area (Å²) in [6, 6.07) is 14.3. The quantitative estimate of drug-likeness (QED) is 0.593. The number of para-hydroxylation sites is 1. The number of carbonyl (C=O) groups is 2. The predicted molar refractivity (Wildman–Crippen MR) is 92.8 cm³/mol. The van der Waals surface area contributed by atoms with Gasteiger partial charge >= 0.3 is 0 Å². The average Bonchev–Trinajstić information content (AvgIpc) is 2.59. The molecule has 2 rings (SSSR count). The summed E-state index contributed by atoms with van der Waals surface area (Å²) in [5.74, 6) is 1.29. The zero-order valence-electron chi connectivity index (χ0n) is 13.9. The van der Waals surface area contributed by atoms with E-state index in [9.17, 15) is 9.59 Å². The number of rotatable bonds is 8. The number of Topliss-reactive ketones (excluding diaryl/α,β-unsaturated/α-hetero) is 1. The van der Waals surface area contributed by atoms with Gasteiger partial charge in [-0.3, -0.25) is 9.59 Å². The predicted octanol–water partition coefficient (Wildman–Crippen LogP) is 3.70. The lowest BCUT2D eigenvalue weighted by atomic mass is 10.1. The molecule has 0 saturated heterocycles. The lowest BCUT2D eigenvalue weighted by Crippen LogP contribution is -2.14. The number of ether oxygens (including phenoxy) is 2. The summed E-state index contributed by atoms with van der Waals surface area (Å²) in [7, 11) is 1.61. The Morgan fingerprint density at radius 1 is 1.00 bits per heavy atom. The van der Waals surface area contributed by atoms with Crippen LogP contribution in [-0.4, -0.2) is 25.4 Å². The van der Waals surface area contributed by atoms with Crippen LogP contribution in [0.25, 0.3) is 0 Å². The second-order valence-corrected chi connectivity index (χ2v) is 5.28. The summed E-state index contributed by atoms with van der Waals surface area (Å²) in [6.07, 6.45) is 0.905. The first-order chi connectivity index (χ1) is 11.6. The molecule has 0 atom stereocenters. The fourth-order valence-corrected chi connectivity index (χ4v) is 2.21. The van der Waals surface area contributed by atoms with Crippen LogP contribution in [0, 0.1) is 0 Å². The Morgan fingerprint density at radius 2 is 1.67 bits per heavy atom. The molecule has 0 aromatic heterocycles. The van der Waals surface area contributed by atoms with Gasteiger partial charge in [0, 0.05) is 12.0 Å². The van der Waals surface area contributed by atoms with E-state index in [1.807, 2.05) is 24.3 Å². The molecule has 126 valence electrons. The van der Waals surface area contributed by atoms with Crippen molar-refractivity contribution in [2.75, 3.05) is 19.0 Å². The van der Waals surface area contributed by atoms with Gasteiger partial charge < -0.3 is 14.8 Å². The standard InChI is InChI=1S/C19H21NO4/c1-14(21)17-6-3-4-7-18(17)20-19(22)8-5-13-24-16-11-9-15(23-2)10-12-16/h3-4,6-7,9-12H,5,8,13H2,1-2H3,(H,20,22). The maximum Gasteiger partial charge on any atom is 0.224 e. The van der Waals surface area contributed by atoms with E-state index < -0.39 is 0 Å². The zero-order chi connectivity index (χ0) is 17.4. The van der Waals surface area contributed by atoms with Crippen molar-refractivity contribution in [3.05, 3.63) is 54.1 Å². The number of nitrogens with one attached hydrogen (secondary N) is 1. The number of ketones is 1. The van der Waals surface area contributed by atoms with Crippen LogP contribution in [0.3, 0.4) is 0 Å². The number of hydrogen-bond donors (Lipinski definition) is 1. The number of amides is 1. The maximum absolute atomic E-state index is 12.0. The molecular weight excluding hydrogens is 306 g/mol. The van der Waals surface area contributed by atoms with E-state index in [0.29, 0.717) is 30.7 Å². The highest BCUT2D eigenvalue weighted by molar-refractivity contribution is 6.03. The van der Waals surface area contributed by atoms with Gasteiger partial charge in [-0.1, -0.05) is 12.1 Å². The van der Waals surface area contributed by atoms with Crippen molar-refractivity contribution in [2.45, 2.75) is 19.8 Å². The fraction of sp³-hybridized carbons (Fsp3) is 0.263. The van der Waals surface area contributed by atoms with Crippen LogP contribution in [0.15, 0.2) is 48.5 Å². The molecule has 0 unspecified atom stereocenters. The molecule has 1 amide bonds. The second kappa shape index (κ2) is 8.72. The summed E-state index contributed by atoms with van der Waals surface area (Å²) in [6.45, 7) is 1.92. The highest BCUT2D eigenvalue weighted by Gasteiger charge is 2.09. The number of anilines is 1. The monoisotopic (exact) mass is 327 g/mol. The average molecular weight is 327 g/mol. The van der Waals surface area contributed by atoms with Gasteiger partial charge in [0.25, 0.3) is 0 Å². The number of methoxy groups -OCH3 is 1.